The van der Waals surface area contributed by atoms with Gasteiger partial charge in [-0.2, -0.15) is 0 Å². The minimum absolute atomic E-state index is 0. The first-order valence-corrected chi connectivity index (χ1v) is 12.5. The number of benzene rings is 3. The summed E-state index contributed by atoms with van der Waals surface area (Å²) >= 11 is 0. The number of carbonyl (C=O) groups is 1. The first kappa shape index (κ1) is 31.7. The number of methoxy groups -OCH3 is 1. The van der Waals surface area contributed by atoms with E-state index in [9.17, 15) is 9.18 Å². The van der Waals surface area contributed by atoms with Crippen molar-refractivity contribution >= 4 is 41.7 Å². The zero-order valence-electron chi connectivity index (χ0n) is 22.7. The first-order chi connectivity index (χ1) is 18.9. The Kier molecular flexibility index (Phi) is 11.0. The van der Waals surface area contributed by atoms with Crippen LogP contribution in [0.5, 0.6) is 23.0 Å². The smallest absolute Gasteiger partial charge is 0.320 e. The molecule has 0 bridgehead atoms. The average molecular weight is 605 g/mol. The molecule has 0 radical (unpaired) electrons. The van der Waals surface area contributed by atoms with Crippen molar-refractivity contribution in [1.82, 2.24) is 9.88 Å². The van der Waals surface area contributed by atoms with Crippen molar-refractivity contribution in [1.29, 1.82) is 0 Å². The van der Waals surface area contributed by atoms with Gasteiger partial charge >= 0.3 is 5.97 Å². The van der Waals surface area contributed by atoms with E-state index in [0.29, 0.717) is 45.2 Å². The summed E-state index contributed by atoms with van der Waals surface area (Å²) in [4.78, 5) is 19.0. The standard InChI is InChI=1S/C30H29FN2O6.2ClH/c1-33(2)16-29(34)39-30-25-15-23(36-17-21-9-7-19-13-20(31)8-11-26(19)32-21)10-12-27(25)37-18-28(30)38-24-6-4-5-22(14-24)35-3;;/h4-15,28,30H,16-18H2,1-3H3;2*1H/t28-,30+;;/m0../s1. The highest BCUT2D eigenvalue weighted by Gasteiger charge is 2.36. The van der Waals surface area contributed by atoms with Crippen LogP contribution >= 0.6 is 24.8 Å². The van der Waals surface area contributed by atoms with Gasteiger partial charge in [0.2, 0.25) is 0 Å². The molecule has 11 heteroatoms. The minimum atomic E-state index is -0.732. The van der Waals surface area contributed by atoms with E-state index in [2.05, 4.69) is 4.98 Å². The highest BCUT2D eigenvalue weighted by atomic mass is 35.5. The van der Waals surface area contributed by atoms with Crippen LogP contribution in [0.2, 0.25) is 0 Å². The third kappa shape index (κ3) is 7.91. The summed E-state index contributed by atoms with van der Waals surface area (Å²) in [5.41, 5.74) is 2.01. The molecule has 1 aliphatic rings. The van der Waals surface area contributed by atoms with Crippen LogP contribution in [0.25, 0.3) is 10.9 Å². The lowest BCUT2D eigenvalue weighted by Gasteiger charge is -2.33. The lowest BCUT2D eigenvalue weighted by atomic mass is 10.00. The van der Waals surface area contributed by atoms with Gasteiger partial charge in [0.1, 0.15) is 42.0 Å². The molecular weight excluding hydrogens is 574 g/mol. The van der Waals surface area contributed by atoms with E-state index in [1.807, 2.05) is 18.2 Å². The van der Waals surface area contributed by atoms with E-state index < -0.39 is 12.2 Å². The van der Waals surface area contributed by atoms with Crippen molar-refractivity contribution in [2.75, 3.05) is 34.4 Å². The zero-order valence-corrected chi connectivity index (χ0v) is 24.4. The van der Waals surface area contributed by atoms with Crippen molar-refractivity contribution < 1.29 is 32.9 Å². The number of hydrogen-bond acceptors (Lipinski definition) is 8. The summed E-state index contributed by atoms with van der Waals surface area (Å²) < 4.78 is 43.0. The Morgan fingerprint density at radius 2 is 1.80 bits per heavy atom. The van der Waals surface area contributed by atoms with Crippen LogP contribution in [0.15, 0.2) is 72.8 Å². The maximum absolute atomic E-state index is 13.5. The lowest BCUT2D eigenvalue weighted by Crippen LogP contribution is -2.39. The highest BCUT2D eigenvalue weighted by Crippen LogP contribution is 2.39. The van der Waals surface area contributed by atoms with Crippen molar-refractivity contribution in [2.45, 2.75) is 18.8 Å². The first-order valence-electron chi connectivity index (χ1n) is 12.5. The normalized spacial score (nSPS) is 15.5. The fourth-order valence-electron chi connectivity index (χ4n) is 4.33. The summed E-state index contributed by atoms with van der Waals surface area (Å²) in [6.45, 7) is 0.500. The molecule has 0 spiro atoms. The van der Waals surface area contributed by atoms with Crippen LogP contribution in [-0.4, -0.2) is 56.3 Å². The van der Waals surface area contributed by atoms with Crippen molar-refractivity contribution in [3.8, 4) is 23.0 Å². The van der Waals surface area contributed by atoms with Crippen LogP contribution in [0.4, 0.5) is 4.39 Å². The predicted molar refractivity (Wildman–Crippen MR) is 157 cm³/mol. The number of fused-ring (bicyclic) bond motifs is 2. The van der Waals surface area contributed by atoms with Crippen LogP contribution in [0.1, 0.15) is 17.4 Å². The summed E-state index contributed by atoms with van der Waals surface area (Å²) in [5, 5.41) is 0.717. The van der Waals surface area contributed by atoms with E-state index in [1.165, 1.54) is 12.1 Å². The number of hydrogen-bond donors (Lipinski definition) is 0. The van der Waals surface area contributed by atoms with E-state index in [0.717, 1.165) is 0 Å². The molecule has 0 saturated heterocycles. The largest absolute Gasteiger partial charge is 0.497 e. The third-order valence-electron chi connectivity index (χ3n) is 6.16. The Bertz CT molecular complexity index is 1490. The summed E-state index contributed by atoms with van der Waals surface area (Å²) in [7, 11) is 5.18. The molecule has 0 fully saturated rings. The molecule has 218 valence electrons. The van der Waals surface area contributed by atoms with Gasteiger partial charge in [-0.25, -0.2) is 9.37 Å². The number of halogens is 3. The predicted octanol–water partition coefficient (Wildman–Crippen LogP) is 5.79. The summed E-state index contributed by atoms with van der Waals surface area (Å²) in [6.07, 6.45) is -1.34. The van der Waals surface area contributed by atoms with Crippen LogP contribution in [-0.2, 0) is 16.1 Å². The van der Waals surface area contributed by atoms with Crippen LogP contribution in [0, 0.1) is 5.82 Å². The zero-order chi connectivity index (χ0) is 27.4. The van der Waals surface area contributed by atoms with Gasteiger partial charge in [-0.3, -0.25) is 9.69 Å². The maximum atomic E-state index is 13.5. The van der Waals surface area contributed by atoms with Crippen molar-refractivity contribution in [3.63, 3.8) is 0 Å². The number of aromatic nitrogens is 1. The number of rotatable bonds is 9. The fourth-order valence-corrected chi connectivity index (χ4v) is 4.33. The molecule has 8 nitrogen and oxygen atoms in total. The summed E-state index contributed by atoms with van der Waals surface area (Å²) in [6, 6.07) is 20.7. The molecule has 0 aliphatic carbocycles. The number of esters is 1. The molecule has 1 aromatic heterocycles. The monoisotopic (exact) mass is 604 g/mol. The quantitative estimate of drug-likeness (QED) is 0.222. The van der Waals surface area contributed by atoms with E-state index in [1.54, 1.807) is 68.6 Å². The molecule has 2 heterocycles. The van der Waals surface area contributed by atoms with Gasteiger partial charge in [-0.1, -0.05) is 12.1 Å². The van der Waals surface area contributed by atoms with Gasteiger partial charge in [-0.05, 0) is 68.7 Å². The Morgan fingerprint density at radius 3 is 2.59 bits per heavy atom. The number of ether oxygens (including phenoxy) is 5. The van der Waals surface area contributed by atoms with Gasteiger partial charge in [0.15, 0.2) is 12.2 Å². The molecule has 0 N–H and O–H groups in total. The number of likely N-dealkylation sites (N-methyl/N-ethyl adjacent to an activating group) is 1. The molecule has 5 rings (SSSR count). The molecule has 3 aromatic carbocycles. The van der Waals surface area contributed by atoms with Crippen LogP contribution in [0.3, 0.4) is 0 Å². The van der Waals surface area contributed by atoms with Gasteiger partial charge in [0, 0.05) is 17.0 Å². The fraction of sp³-hybridized carbons (Fsp3) is 0.267. The Morgan fingerprint density at radius 1 is 1.00 bits per heavy atom. The molecule has 1 aliphatic heterocycles. The second kappa shape index (κ2) is 14.2. The molecule has 0 unspecified atom stereocenters. The van der Waals surface area contributed by atoms with Gasteiger partial charge in [0.25, 0.3) is 0 Å². The molecular formula is C30H31Cl2FN2O6. The number of pyridine rings is 1. The summed E-state index contributed by atoms with van der Waals surface area (Å²) in [5.74, 6) is 1.65. The lowest BCUT2D eigenvalue weighted by molar-refractivity contribution is -0.157. The second-order valence-electron chi connectivity index (χ2n) is 9.42. The van der Waals surface area contributed by atoms with E-state index >= 15 is 0 Å². The maximum Gasteiger partial charge on any atom is 0.320 e. The molecule has 4 aromatic rings. The number of carbonyl (C=O) groups excluding carboxylic acids is 1. The van der Waals surface area contributed by atoms with Gasteiger partial charge in [0.05, 0.1) is 24.9 Å². The Labute approximate surface area is 250 Å². The van der Waals surface area contributed by atoms with Gasteiger partial charge in [-0.15, -0.1) is 24.8 Å². The highest BCUT2D eigenvalue weighted by molar-refractivity contribution is 5.85. The molecule has 41 heavy (non-hydrogen) atoms. The molecule has 2 atom stereocenters. The van der Waals surface area contributed by atoms with E-state index in [4.69, 9.17) is 23.7 Å². The van der Waals surface area contributed by atoms with Crippen molar-refractivity contribution in [3.05, 3.63) is 89.9 Å². The van der Waals surface area contributed by atoms with Crippen molar-refractivity contribution in [2.24, 2.45) is 0 Å². The second-order valence-corrected chi connectivity index (χ2v) is 9.42. The molecule has 0 saturated carbocycles. The Balaban J connectivity index is 0.00000231. The molecule has 0 amide bonds. The average Bonchev–Trinajstić information content (AvgIpc) is 2.92. The topological polar surface area (TPSA) is 79.4 Å². The SMILES string of the molecule is COc1cccc(O[C@H]2COc3ccc(OCc4ccc5cc(F)ccc5n4)cc3[C@H]2OC(=O)CN(C)C)c1.Cl.Cl. The van der Waals surface area contributed by atoms with Gasteiger partial charge < -0.3 is 23.7 Å². The minimum Gasteiger partial charge on any atom is -0.497 e. The number of nitrogens with zero attached hydrogens (tertiary/aromatic N) is 2. The van der Waals surface area contributed by atoms with E-state index in [-0.39, 0.29) is 56.4 Å². The van der Waals surface area contributed by atoms with Crippen LogP contribution < -0.4 is 18.9 Å². The Hall–Kier alpha value is -3.79. The third-order valence-corrected chi connectivity index (χ3v) is 6.16.